The molecule has 2 aliphatic heterocycles. The zero-order valence-electron chi connectivity index (χ0n) is 9.71. The molecule has 100 valence electrons. The van der Waals surface area contributed by atoms with E-state index in [-0.39, 0.29) is 12.2 Å². The predicted molar refractivity (Wildman–Crippen MR) is 70.5 cm³/mol. The molecule has 3 rings (SSSR count). The number of fused-ring (bicyclic) bond motifs is 2. The lowest BCUT2D eigenvalue weighted by Gasteiger charge is -2.30. The minimum absolute atomic E-state index is 0.0750. The van der Waals surface area contributed by atoms with Crippen molar-refractivity contribution in [3.8, 4) is 0 Å². The Morgan fingerprint density at radius 2 is 2.06 bits per heavy atom. The van der Waals surface area contributed by atoms with Gasteiger partial charge in [-0.05, 0) is 29.9 Å². The maximum atomic E-state index is 12.5. The average Bonchev–Trinajstić information content (AvgIpc) is 2.96. The van der Waals surface area contributed by atoms with Gasteiger partial charge in [0.25, 0.3) is 10.0 Å². The summed E-state index contributed by atoms with van der Waals surface area (Å²) in [5.74, 6) is 0.348. The molecule has 1 aromatic heterocycles. The molecule has 2 bridgehead atoms. The zero-order valence-corrected chi connectivity index (χ0v) is 12.1. The van der Waals surface area contributed by atoms with E-state index in [0.29, 0.717) is 23.2 Å². The Morgan fingerprint density at radius 3 is 2.61 bits per heavy atom. The van der Waals surface area contributed by atoms with E-state index < -0.39 is 10.0 Å². The van der Waals surface area contributed by atoms with Gasteiger partial charge in [-0.2, -0.15) is 4.31 Å². The maximum absolute atomic E-state index is 12.5. The van der Waals surface area contributed by atoms with Crippen LogP contribution in [0.5, 0.6) is 0 Å². The van der Waals surface area contributed by atoms with Gasteiger partial charge in [-0.15, -0.1) is 22.9 Å². The van der Waals surface area contributed by atoms with E-state index in [1.165, 1.54) is 11.3 Å². The third kappa shape index (κ3) is 2.20. The van der Waals surface area contributed by atoms with Crippen LogP contribution in [0.3, 0.4) is 0 Å². The number of hydrogen-bond donors (Lipinski definition) is 0. The number of morpholine rings is 1. The summed E-state index contributed by atoms with van der Waals surface area (Å²) in [4.78, 5) is 0. The SMILES string of the molecule is O=S(=O)(c1cc(CCl)cs1)N1CC2CCC(C1)O2. The summed E-state index contributed by atoms with van der Waals surface area (Å²) in [7, 11) is -3.36. The van der Waals surface area contributed by atoms with Gasteiger partial charge < -0.3 is 4.74 Å². The Kier molecular flexibility index (Phi) is 3.40. The molecule has 2 atom stereocenters. The second-order valence-corrected chi connectivity index (χ2v) is 8.03. The molecular weight excluding hydrogens is 294 g/mol. The number of hydrogen-bond acceptors (Lipinski definition) is 4. The van der Waals surface area contributed by atoms with Crippen LogP contribution in [-0.4, -0.2) is 38.0 Å². The minimum atomic E-state index is -3.36. The molecule has 0 N–H and O–H groups in total. The molecule has 2 unspecified atom stereocenters. The number of nitrogens with zero attached hydrogens (tertiary/aromatic N) is 1. The molecule has 3 heterocycles. The van der Waals surface area contributed by atoms with E-state index in [4.69, 9.17) is 16.3 Å². The molecule has 4 nitrogen and oxygen atoms in total. The van der Waals surface area contributed by atoms with Gasteiger partial charge in [-0.3, -0.25) is 0 Å². The summed E-state index contributed by atoms with van der Waals surface area (Å²) in [5, 5.41) is 1.80. The van der Waals surface area contributed by atoms with Crippen molar-refractivity contribution >= 4 is 33.0 Å². The monoisotopic (exact) mass is 307 g/mol. The summed E-state index contributed by atoms with van der Waals surface area (Å²) in [6, 6.07) is 1.67. The van der Waals surface area contributed by atoms with Crippen LogP contribution in [0.25, 0.3) is 0 Å². The first-order chi connectivity index (χ1) is 8.59. The van der Waals surface area contributed by atoms with E-state index in [2.05, 4.69) is 0 Å². The zero-order chi connectivity index (χ0) is 12.8. The molecule has 7 heteroatoms. The van der Waals surface area contributed by atoms with E-state index >= 15 is 0 Å². The van der Waals surface area contributed by atoms with E-state index in [1.54, 1.807) is 15.8 Å². The van der Waals surface area contributed by atoms with Crippen molar-refractivity contribution in [1.82, 2.24) is 4.31 Å². The molecule has 2 fully saturated rings. The fourth-order valence-corrected chi connectivity index (χ4v) is 5.57. The Labute approximate surface area is 116 Å². The predicted octanol–water partition coefficient (Wildman–Crippen LogP) is 2.04. The van der Waals surface area contributed by atoms with Crippen molar-refractivity contribution in [2.75, 3.05) is 13.1 Å². The summed E-state index contributed by atoms with van der Waals surface area (Å²) in [5.41, 5.74) is 0.858. The Balaban J connectivity index is 1.86. The highest BCUT2D eigenvalue weighted by molar-refractivity contribution is 7.91. The highest BCUT2D eigenvalue weighted by atomic mass is 35.5. The number of sulfonamides is 1. The molecule has 0 aromatic carbocycles. The molecule has 2 saturated heterocycles. The van der Waals surface area contributed by atoms with Crippen LogP contribution >= 0.6 is 22.9 Å². The van der Waals surface area contributed by atoms with Crippen LogP contribution in [0.1, 0.15) is 18.4 Å². The van der Waals surface area contributed by atoms with Gasteiger partial charge in [0.1, 0.15) is 4.21 Å². The highest BCUT2D eigenvalue weighted by Crippen LogP contribution is 2.32. The Bertz CT molecular complexity index is 530. The Hall–Kier alpha value is -0.140. The van der Waals surface area contributed by atoms with Crippen LogP contribution in [0, 0.1) is 0 Å². The summed E-state index contributed by atoms with van der Waals surface area (Å²) >= 11 is 6.95. The lowest BCUT2D eigenvalue weighted by Crippen LogP contribution is -2.45. The average molecular weight is 308 g/mol. The molecule has 0 aliphatic carbocycles. The van der Waals surface area contributed by atoms with Crippen molar-refractivity contribution in [3.63, 3.8) is 0 Å². The van der Waals surface area contributed by atoms with Crippen molar-refractivity contribution < 1.29 is 13.2 Å². The number of halogens is 1. The van der Waals surface area contributed by atoms with Gasteiger partial charge in [0.05, 0.1) is 12.2 Å². The second-order valence-electron chi connectivity index (χ2n) is 4.69. The first-order valence-electron chi connectivity index (χ1n) is 5.88. The molecule has 18 heavy (non-hydrogen) atoms. The maximum Gasteiger partial charge on any atom is 0.252 e. The largest absolute Gasteiger partial charge is 0.372 e. The number of thiophene rings is 1. The van der Waals surface area contributed by atoms with Crippen molar-refractivity contribution in [2.45, 2.75) is 35.1 Å². The normalized spacial score (nSPS) is 28.7. The topological polar surface area (TPSA) is 46.6 Å². The van der Waals surface area contributed by atoms with Crippen molar-refractivity contribution in [2.24, 2.45) is 0 Å². The third-order valence-corrected chi connectivity index (χ3v) is 6.99. The van der Waals surface area contributed by atoms with Gasteiger partial charge in [-0.25, -0.2) is 8.42 Å². The van der Waals surface area contributed by atoms with E-state index in [9.17, 15) is 8.42 Å². The minimum Gasteiger partial charge on any atom is -0.372 e. The van der Waals surface area contributed by atoms with Gasteiger partial charge >= 0.3 is 0 Å². The molecule has 0 radical (unpaired) electrons. The lowest BCUT2D eigenvalue weighted by atomic mass is 10.2. The van der Waals surface area contributed by atoms with E-state index in [1.807, 2.05) is 0 Å². The van der Waals surface area contributed by atoms with Crippen LogP contribution in [-0.2, 0) is 20.6 Å². The van der Waals surface area contributed by atoms with Crippen LogP contribution in [0.15, 0.2) is 15.7 Å². The van der Waals surface area contributed by atoms with Crippen LogP contribution in [0.4, 0.5) is 0 Å². The molecule has 1 aromatic rings. The van der Waals surface area contributed by atoms with Crippen molar-refractivity contribution in [1.29, 1.82) is 0 Å². The molecule has 0 amide bonds. The molecule has 0 saturated carbocycles. The summed E-state index contributed by atoms with van der Waals surface area (Å²) in [6.45, 7) is 0.958. The lowest BCUT2D eigenvalue weighted by molar-refractivity contribution is -0.0114. The number of alkyl halides is 1. The van der Waals surface area contributed by atoms with Crippen LogP contribution < -0.4 is 0 Å². The Morgan fingerprint density at radius 1 is 1.39 bits per heavy atom. The molecule has 0 spiro atoms. The molecular formula is C11H14ClNO3S2. The third-order valence-electron chi connectivity index (χ3n) is 3.39. The fraction of sp³-hybridized carbons (Fsp3) is 0.636. The van der Waals surface area contributed by atoms with Gasteiger partial charge in [0, 0.05) is 19.0 Å². The molecule has 2 aliphatic rings. The number of rotatable bonds is 3. The quantitative estimate of drug-likeness (QED) is 0.803. The smallest absolute Gasteiger partial charge is 0.252 e. The second kappa shape index (κ2) is 4.76. The van der Waals surface area contributed by atoms with Gasteiger partial charge in [-0.1, -0.05) is 0 Å². The standard InChI is InChI=1S/C11H14ClNO3S2/c12-4-8-3-11(17-7-8)18(14,15)13-5-9-1-2-10(6-13)16-9/h3,7,9-10H,1-2,4-6H2. The summed E-state index contributed by atoms with van der Waals surface area (Å²) < 4.78 is 32.6. The first-order valence-corrected chi connectivity index (χ1v) is 8.74. The van der Waals surface area contributed by atoms with Crippen LogP contribution in [0.2, 0.25) is 0 Å². The summed E-state index contributed by atoms with van der Waals surface area (Å²) in [6.07, 6.45) is 2.08. The van der Waals surface area contributed by atoms with E-state index in [0.717, 1.165) is 18.4 Å². The van der Waals surface area contributed by atoms with Gasteiger partial charge in [0.15, 0.2) is 0 Å². The van der Waals surface area contributed by atoms with Crippen molar-refractivity contribution in [3.05, 3.63) is 17.0 Å². The highest BCUT2D eigenvalue weighted by Gasteiger charge is 2.39. The fourth-order valence-electron chi connectivity index (χ4n) is 2.46. The first kappa shape index (κ1) is 12.9. The number of ether oxygens (including phenoxy) is 1. The van der Waals surface area contributed by atoms with Gasteiger partial charge in [0.2, 0.25) is 0 Å².